The van der Waals surface area contributed by atoms with E-state index in [4.69, 9.17) is 21.1 Å². The van der Waals surface area contributed by atoms with E-state index in [1.54, 1.807) is 12.1 Å². The zero-order valence-corrected chi connectivity index (χ0v) is 13.0. The third-order valence-corrected chi connectivity index (χ3v) is 4.48. The first-order valence-corrected chi connectivity index (χ1v) is 7.98. The summed E-state index contributed by atoms with van der Waals surface area (Å²) in [6, 6.07) is 3.78. The number of fused-ring (bicyclic) bond motifs is 1. The lowest BCUT2D eigenvalue weighted by Gasteiger charge is -2.35. The van der Waals surface area contributed by atoms with Crippen molar-refractivity contribution in [1.29, 1.82) is 0 Å². The Kier molecular flexibility index (Phi) is 4.24. The molecule has 2 aliphatic heterocycles. The van der Waals surface area contributed by atoms with Crippen LogP contribution in [0, 0.1) is 0 Å². The topological polar surface area (TPSA) is 38.8 Å². The number of hydrogen-bond acceptors (Lipinski definition) is 3. The molecule has 1 saturated heterocycles. The number of ether oxygens (including phenoxy) is 2. The highest BCUT2D eigenvalue weighted by molar-refractivity contribution is 6.32. The minimum absolute atomic E-state index is 0.0421. The number of rotatable bonds is 2. The fourth-order valence-corrected chi connectivity index (χ4v) is 3.36. The molecule has 0 spiro atoms. The van der Waals surface area contributed by atoms with Gasteiger partial charge >= 0.3 is 0 Å². The van der Waals surface area contributed by atoms with Crippen LogP contribution in [0.15, 0.2) is 12.1 Å². The molecule has 2 aliphatic rings. The Hall–Kier alpha value is -1.42. The lowest BCUT2D eigenvalue weighted by atomic mass is 9.99. The van der Waals surface area contributed by atoms with Crippen molar-refractivity contribution in [3.05, 3.63) is 22.7 Å². The minimum Gasteiger partial charge on any atom is -0.486 e. The third-order valence-electron chi connectivity index (χ3n) is 4.20. The third kappa shape index (κ3) is 2.82. The maximum atomic E-state index is 12.8. The number of carbonyl (C=O) groups excluding carboxylic acids is 1. The summed E-state index contributed by atoms with van der Waals surface area (Å²) in [5.41, 5.74) is 0.588. The van der Waals surface area contributed by atoms with Crippen LogP contribution in [0.2, 0.25) is 5.02 Å². The summed E-state index contributed by atoms with van der Waals surface area (Å²) in [6.07, 6.45) is 4.34. The fraction of sp³-hybridized carbons (Fsp3) is 0.562. The Labute approximate surface area is 130 Å². The molecular formula is C16H20ClNO3. The van der Waals surface area contributed by atoms with Crippen molar-refractivity contribution in [2.24, 2.45) is 0 Å². The highest BCUT2D eigenvalue weighted by Crippen LogP contribution is 2.39. The van der Waals surface area contributed by atoms with E-state index in [0.29, 0.717) is 41.3 Å². The SMILES string of the molecule is CCC1CCCCN1C(=O)c1cc(Cl)c2c(c1)OCCO2. The number of piperidine rings is 1. The number of likely N-dealkylation sites (tertiary alicyclic amines) is 1. The van der Waals surface area contributed by atoms with Gasteiger partial charge in [0.2, 0.25) is 0 Å². The molecule has 0 bridgehead atoms. The molecule has 0 aliphatic carbocycles. The van der Waals surface area contributed by atoms with Gasteiger partial charge in [-0.1, -0.05) is 18.5 Å². The molecule has 114 valence electrons. The van der Waals surface area contributed by atoms with Crippen LogP contribution in [0.25, 0.3) is 0 Å². The zero-order chi connectivity index (χ0) is 14.8. The summed E-state index contributed by atoms with van der Waals surface area (Å²) < 4.78 is 11.1. The van der Waals surface area contributed by atoms with Gasteiger partial charge in [0.1, 0.15) is 13.2 Å². The van der Waals surface area contributed by atoms with Gasteiger partial charge in [0.15, 0.2) is 11.5 Å². The van der Waals surface area contributed by atoms with E-state index in [-0.39, 0.29) is 5.91 Å². The molecule has 2 heterocycles. The molecular weight excluding hydrogens is 290 g/mol. The van der Waals surface area contributed by atoms with Gasteiger partial charge < -0.3 is 14.4 Å². The number of benzene rings is 1. The van der Waals surface area contributed by atoms with Crippen LogP contribution in [-0.2, 0) is 0 Å². The lowest BCUT2D eigenvalue weighted by molar-refractivity contribution is 0.0607. The van der Waals surface area contributed by atoms with E-state index in [0.717, 1.165) is 25.8 Å². The normalized spacial score (nSPS) is 21.2. The second kappa shape index (κ2) is 6.14. The fourth-order valence-electron chi connectivity index (χ4n) is 3.09. The Bertz CT molecular complexity index is 547. The van der Waals surface area contributed by atoms with E-state index in [1.807, 2.05) is 4.90 Å². The molecule has 1 fully saturated rings. The molecule has 5 heteroatoms. The van der Waals surface area contributed by atoms with Crippen LogP contribution in [0.5, 0.6) is 11.5 Å². The van der Waals surface area contributed by atoms with Gasteiger partial charge in [-0.3, -0.25) is 4.79 Å². The standard InChI is InChI=1S/C16H20ClNO3/c1-2-12-5-3-4-6-18(12)16(19)11-9-13(17)15-14(10-11)20-7-8-21-15/h9-10,12H,2-8H2,1H3. The van der Waals surface area contributed by atoms with Gasteiger partial charge in [-0.15, -0.1) is 0 Å². The monoisotopic (exact) mass is 309 g/mol. The largest absolute Gasteiger partial charge is 0.486 e. The maximum Gasteiger partial charge on any atom is 0.254 e. The number of halogens is 1. The predicted molar refractivity (Wildman–Crippen MR) is 81.4 cm³/mol. The number of amides is 1. The molecule has 0 N–H and O–H groups in total. The van der Waals surface area contributed by atoms with Gasteiger partial charge in [-0.25, -0.2) is 0 Å². The quantitative estimate of drug-likeness (QED) is 0.839. The maximum absolute atomic E-state index is 12.8. The second-order valence-corrected chi connectivity index (χ2v) is 5.95. The molecule has 0 radical (unpaired) electrons. The predicted octanol–water partition coefficient (Wildman–Crippen LogP) is 3.52. The Morgan fingerprint density at radius 2 is 2.14 bits per heavy atom. The summed E-state index contributed by atoms with van der Waals surface area (Å²) in [4.78, 5) is 14.8. The number of nitrogens with zero attached hydrogens (tertiary/aromatic N) is 1. The number of carbonyl (C=O) groups is 1. The van der Waals surface area contributed by atoms with Crippen molar-refractivity contribution >= 4 is 17.5 Å². The van der Waals surface area contributed by atoms with E-state index >= 15 is 0 Å². The van der Waals surface area contributed by atoms with Crippen LogP contribution >= 0.6 is 11.6 Å². The van der Waals surface area contributed by atoms with Gasteiger partial charge in [-0.05, 0) is 37.8 Å². The van der Waals surface area contributed by atoms with Crippen LogP contribution in [0.1, 0.15) is 43.0 Å². The first-order valence-electron chi connectivity index (χ1n) is 7.61. The molecule has 21 heavy (non-hydrogen) atoms. The summed E-state index contributed by atoms with van der Waals surface area (Å²) in [7, 11) is 0. The smallest absolute Gasteiger partial charge is 0.254 e. The van der Waals surface area contributed by atoms with Crippen molar-refractivity contribution in [3.63, 3.8) is 0 Å². The van der Waals surface area contributed by atoms with Gasteiger partial charge in [0.25, 0.3) is 5.91 Å². The first-order chi connectivity index (χ1) is 10.2. The Morgan fingerprint density at radius 1 is 1.33 bits per heavy atom. The molecule has 1 unspecified atom stereocenters. The highest BCUT2D eigenvalue weighted by atomic mass is 35.5. The summed E-state index contributed by atoms with van der Waals surface area (Å²) in [5.74, 6) is 1.16. The van der Waals surface area contributed by atoms with Crippen molar-refractivity contribution in [1.82, 2.24) is 4.90 Å². The molecule has 3 rings (SSSR count). The molecule has 1 aromatic carbocycles. The lowest BCUT2D eigenvalue weighted by Crippen LogP contribution is -2.43. The molecule has 0 aromatic heterocycles. The average Bonchev–Trinajstić information content (AvgIpc) is 2.54. The van der Waals surface area contributed by atoms with Gasteiger partial charge in [0.05, 0.1) is 5.02 Å². The van der Waals surface area contributed by atoms with Gasteiger partial charge in [-0.2, -0.15) is 0 Å². The Morgan fingerprint density at radius 3 is 2.95 bits per heavy atom. The molecule has 1 amide bonds. The molecule has 0 saturated carbocycles. The Balaban J connectivity index is 1.89. The highest BCUT2D eigenvalue weighted by Gasteiger charge is 2.28. The van der Waals surface area contributed by atoms with Crippen LogP contribution in [0.3, 0.4) is 0 Å². The van der Waals surface area contributed by atoms with Crippen molar-refractivity contribution in [2.45, 2.75) is 38.6 Å². The van der Waals surface area contributed by atoms with E-state index in [1.165, 1.54) is 6.42 Å². The van der Waals surface area contributed by atoms with E-state index < -0.39 is 0 Å². The summed E-state index contributed by atoms with van der Waals surface area (Å²) >= 11 is 6.22. The summed E-state index contributed by atoms with van der Waals surface area (Å²) in [5, 5.41) is 0.445. The van der Waals surface area contributed by atoms with Crippen LogP contribution in [-0.4, -0.2) is 36.6 Å². The van der Waals surface area contributed by atoms with Crippen LogP contribution in [0.4, 0.5) is 0 Å². The molecule has 1 aromatic rings. The minimum atomic E-state index is 0.0421. The van der Waals surface area contributed by atoms with Crippen LogP contribution < -0.4 is 9.47 Å². The number of hydrogen-bond donors (Lipinski definition) is 0. The second-order valence-electron chi connectivity index (χ2n) is 5.54. The molecule has 1 atom stereocenters. The molecule has 4 nitrogen and oxygen atoms in total. The average molecular weight is 310 g/mol. The first kappa shape index (κ1) is 14.5. The van der Waals surface area contributed by atoms with Crippen molar-refractivity contribution in [3.8, 4) is 11.5 Å². The van der Waals surface area contributed by atoms with Crippen molar-refractivity contribution < 1.29 is 14.3 Å². The van der Waals surface area contributed by atoms with Gasteiger partial charge in [0, 0.05) is 18.2 Å². The van der Waals surface area contributed by atoms with E-state index in [2.05, 4.69) is 6.92 Å². The van der Waals surface area contributed by atoms with E-state index in [9.17, 15) is 4.79 Å². The summed E-state index contributed by atoms with van der Waals surface area (Å²) in [6.45, 7) is 3.93. The van der Waals surface area contributed by atoms with Crippen molar-refractivity contribution in [2.75, 3.05) is 19.8 Å². The zero-order valence-electron chi connectivity index (χ0n) is 12.2.